The largest absolute Gasteiger partial charge is 0.377 e. The molecule has 0 aromatic carbocycles. The van der Waals surface area contributed by atoms with Gasteiger partial charge in [-0.1, -0.05) is 11.6 Å². The lowest BCUT2D eigenvalue weighted by Crippen LogP contribution is -2.50. The van der Waals surface area contributed by atoms with Crippen LogP contribution in [0.3, 0.4) is 0 Å². The molecule has 1 saturated carbocycles. The zero-order valence-corrected chi connectivity index (χ0v) is 18.9. The van der Waals surface area contributed by atoms with Gasteiger partial charge in [0.15, 0.2) is 0 Å². The van der Waals surface area contributed by atoms with Crippen LogP contribution in [0.15, 0.2) is 23.3 Å². The van der Waals surface area contributed by atoms with Gasteiger partial charge in [0.05, 0.1) is 24.7 Å². The minimum absolute atomic E-state index is 0.0322. The van der Waals surface area contributed by atoms with Gasteiger partial charge in [-0.3, -0.25) is 4.79 Å². The van der Waals surface area contributed by atoms with Gasteiger partial charge in [-0.05, 0) is 72.7 Å². The molecule has 1 N–H and O–H groups in total. The molecule has 0 radical (unpaired) electrons. The van der Waals surface area contributed by atoms with E-state index in [4.69, 9.17) is 14.2 Å². The lowest BCUT2D eigenvalue weighted by molar-refractivity contribution is -0.116. The van der Waals surface area contributed by atoms with Gasteiger partial charge in [-0.25, -0.2) is 0 Å². The molecule has 2 saturated heterocycles. The summed E-state index contributed by atoms with van der Waals surface area (Å²) in [7, 11) is 5.81. The van der Waals surface area contributed by atoms with Gasteiger partial charge >= 0.3 is 0 Å². The van der Waals surface area contributed by atoms with Crippen LogP contribution in [0.4, 0.5) is 0 Å². The standard InChI is InChI=1S/C23H38N2O4/c1-16(2)8-9-18-22(3,29-18)21-20(27-6)17(10-11-23(21)15-28-23)14-19(26)24-12-7-13-25(4)5/h8,14,18,20-21H,7,9-13,15H2,1-6H3,(H,24,26)/t18-,20-,21-,22?,23+/m1/s1. The Hall–Kier alpha value is -1.21. The van der Waals surface area contributed by atoms with Crippen molar-refractivity contribution in [1.82, 2.24) is 10.2 Å². The van der Waals surface area contributed by atoms with Gasteiger partial charge in [0, 0.05) is 19.7 Å². The average molecular weight is 407 g/mol. The Morgan fingerprint density at radius 2 is 2.10 bits per heavy atom. The molecule has 164 valence electrons. The molecule has 1 amide bonds. The number of amides is 1. The number of hydrogen-bond donors (Lipinski definition) is 1. The predicted octanol–water partition coefficient (Wildman–Crippen LogP) is 2.69. The van der Waals surface area contributed by atoms with E-state index in [-0.39, 0.29) is 35.2 Å². The Balaban J connectivity index is 1.68. The van der Waals surface area contributed by atoms with Gasteiger partial charge in [0.1, 0.15) is 11.2 Å². The number of carbonyl (C=O) groups excluding carboxylic acids is 1. The van der Waals surface area contributed by atoms with Crippen LogP contribution >= 0.6 is 0 Å². The van der Waals surface area contributed by atoms with Crippen LogP contribution in [0.25, 0.3) is 0 Å². The molecule has 29 heavy (non-hydrogen) atoms. The summed E-state index contributed by atoms with van der Waals surface area (Å²) in [5.74, 6) is 0.0762. The van der Waals surface area contributed by atoms with Crippen LogP contribution in [-0.4, -0.2) is 75.1 Å². The smallest absolute Gasteiger partial charge is 0.244 e. The first-order chi connectivity index (χ1) is 13.7. The third-order valence-electron chi connectivity index (χ3n) is 6.57. The molecule has 5 atom stereocenters. The molecule has 2 aliphatic heterocycles. The van der Waals surface area contributed by atoms with E-state index in [2.05, 4.69) is 37.1 Å². The fourth-order valence-electron chi connectivity index (χ4n) is 4.82. The summed E-state index contributed by atoms with van der Waals surface area (Å²) in [5.41, 5.74) is 1.93. The average Bonchev–Trinajstić information content (AvgIpc) is 3.56. The molecule has 3 rings (SSSR count). The molecule has 3 fully saturated rings. The molecular weight excluding hydrogens is 368 g/mol. The third-order valence-corrected chi connectivity index (χ3v) is 6.57. The quantitative estimate of drug-likeness (QED) is 0.276. The van der Waals surface area contributed by atoms with Gasteiger partial charge in [-0.15, -0.1) is 0 Å². The zero-order chi connectivity index (χ0) is 21.2. The topological polar surface area (TPSA) is 66.6 Å². The van der Waals surface area contributed by atoms with E-state index in [1.165, 1.54) is 5.57 Å². The molecule has 1 aliphatic carbocycles. The van der Waals surface area contributed by atoms with Crippen molar-refractivity contribution >= 4 is 5.91 Å². The number of nitrogens with one attached hydrogen (secondary N) is 1. The third kappa shape index (κ3) is 5.10. The summed E-state index contributed by atoms with van der Waals surface area (Å²) in [4.78, 5) is 14.6. The monoisotopic (exact) mass is 406 g/mol. The summed E-state index contributed by atoms with van der Waals surface area (Å²) in [5, 5.41) is 3.01. The van der Waals surface area contributed by atoms with Crippen molar-refractivity contribution in [3.63, 3.8) is 0 Å². The lowest BCUT2D eigenvalue weighted by Gasteiger charge is -2.40. The molecule has 1 unspecified atom stereocenters. The first-order valence-corrected chi connectivity index (χ1v) is 10.8. The summed E-state index contributed by atoms with van der Waals surface area (Å²) in [6.45, 7) is 8.81. The summed E-state index contributed by atoms with van der Waals surface area (Å²) < 4.78 is 18.1. The highest BCUT2D eigenvalue weighted by Crippen LogP contribution is 2.60. The molecule has 1 spiro atoms. The van der Waals surface area contributed by atoms with Crippen molar-refractivity contribution in [3.8, 4) is 0 Å². The minimum Gasteiger partial charge on any atom is -0.377 e. The van der Waals surface area contributed by atoms with E-state index >= 15 is 0 Å². The van der Waals surface area contributed by atoms with Gasteiger partial charge < -0.3 is 24.4 Å². The van der Waals surface area contributed by atoms with E-state index in [0.717, 1.165) is 44.4 Å². The van der Waals surface area contributed by atoms with E-state index in [9.17, 15) is 4.79 Å². The second-order valence-electron chi connectivity index (χ2n) is 9.46. The molecule has 0 aromatic rings. The van der Waals surface area contributed by atoms with Crippen LogP contribution in [0, 0.1) is 5.92 Å². The minimum atomic E-state index is -0.273. The van der Waals surface area contributed by atoms with Crippen LogP contribution in [0.5, 0.6) is 0 Å². The summed E-state index contributed by atoms with van der Waals surface area (Å²) in [6, 6.07) is 0. The highest BCUT2D eigenvalue weighted by Gasteiger charge is 2.71. The van der Waals surface area contributed by atoms with Crippen LogP contribution in [-0.2, 0) is 19.0 Å². The van der Waals surface area contributed by atoms with Crippen molar-refractivity contribution in [1.29, 1.82) is 0 Å². The summed E-state index contributed by atoms with van der Waals surface area (Å²) in [6.07, 6.45) is 7.61. The fraction of sp³-hybridized carbons (Fsp3) is 0.783. The number of hydrogen-bond acceptors (Lipinski definition) is 5. The number of ether oxygens (including phenoxy) is 3. The Labute approximate surface area is 175 Å². The van der Waals surface area contributed by atoms with Crippen LogP contribution in [0.1, 0.15) is 46.5 Å². The van der Waals surface area contributed by atoms with Crippen LogP contribution in [0.2, 0.25) is 0 Å². The maximum Gasteiger partial charge on any atom is 0.244 e. The van der Waals surface area contributed by atoms with Crippen molar-refractivity contribution in [2.45, 2.75) is 69.9 Å². The lowest BCUT2D eigenvalue weighted by atomic mass is 9.67. The molecule has 0 aromatic heterocycles. The van der Waals surface area contributed by atoms with Crippen molar-refractivity contribution in [2.24, 2.45) is 5.92 Å². The van der Waals surface area contributed by atoms with Crippen molar-refractivity contribution in [2.75, 3.05) is 40.9 Å². The van der Waals surface area contributed by atoms with E-state index in [1.807, 2.05) is 14.1 Å². The van der Waals surface area contributed by atoms with E-state index < -0.39 is 0 Å². The second-order valence-corrected chi connectivity index (χ2v) is 9.46. The Morgan fingerprint density at radius 1 is 1.38 bits per heavy atom. The predicted molar refractivity (Wildman–Crippen MR) is 114 cm³/mol. The highest BCUT2D eigenvalue weighted by molar-refractivity contribution is 5.88. The highest BCUT2D eigenvalue weighted by atomic mass is 16.6. The fourth-order valence-corrected chi connectivity index (χ4v) is 4.82. The first kappa shape index (κ1) is 22.5. The van der Waals surface area contributed by atoms with Gasteiger partial charge in [0.2, 0.25) is 5.91 Å². The molecule has 6 heteroatoms. The van der Waals surface area contributed by atoms with Crippen molar-refractivity contribution < 1.29 is 19.0 Å². The second kappa shape index (κ2) is 8.88. The number of methoxy groups -OCH3 is 1. The Kier molecular flexibility index (Phi) is 6.88. The molecular formula is C23H38N2O4. The maximum absolute atomic E-state index is 12.5. The van der Waals surface area contributed by atoms with Gasteiger partial charge in [0.25, 0.3) is 0 Å². The van der Waals surface area contributed by atoms with E-state index in [0.29, 0.717) is 6.54 Å². The van der Waals surface area contributed by atoms with Crippen LogP contribution < -0.4 is 5.32 Å². The Bertz CT molecular complexity index is 664. The molecule has 2 heterocycles. The number of nitrogens with zero attached hydrogens (tertiary/aromatic N) is 1. The maximum atomic E-state index is 12.5. The zero-order valence-electron chi connectivity index (χ0n) is 18.9. The Morgan fingerprint density at radius 3 is 2.69 bits per heavy atom. The number of epoxide rings is 2. The molecule has 6 nitrogen and oxygen atoms in total. The van der Waals surface area contributed by atoms with E-state index in [1.54, 1.807) is 13.2 Å². The number of allylic oxidation sites excluding steroid dienone is 1. The molecule has 3 aliphatic rings. The summed E-state index contributed by atoms with van der Waals surface area (Å²) >= 11 is 0. The SMILES string of the molecule is CO[C@@H]1C(=CC(=O)NCCCN(C)C)CC[C@]2(CO2)[C@H]1C1(C)O[C@@H]1CC=C(C)C. The van der Waals surface area contributed by atoms with Crippen molar-refractivity contribution in [3.05, 3.63) is 23.3 Å². The normalized spacial score (nSPS) is 37.1. The molecule has 0 bridgehead atoms. The first-order valence-electron chi connectivity index (χ1n) is 10.8. The van der Waals surface area contributed by atoms with Gasteiger partial charge in [-0.2, -0.15) is 0 Å². The number of rotatable bonds is 9. The number of carbonyl (C=O) groups is 1.